The smallest absolute Gasteiger partial charge is 0.297 e. The summed E-state index contributed by atoms with van der Waals surface area (Å²) in [5.41, 5.74) is 6.59. The van der Waals surface area contributed by atoms with Gasteiger partial charge in [-0.1, -0.05) is 36.4 Å². The Hall–Kier alpha value is -6.21. The molecule has 3 aromatic carbocycles. The zero-order valence-corrected chi connectivity index (χ0v) is 40.2. The molecule has 1 spiro atoms. The van der Waals surface area contributed by atoms with Crippen molar-refractivity contribution in [1.29, 1.82) is 0 Å². The van der Waals surface area contributed by atoms with Gasteiger partial charge in [0.05, 0.1) is 46.4 Å². The summed E-state index contributed by atoms with van der Waals surface area (Å²) in [6.07, 6.45) is 10.4. The molecule has 17 nitrogen and oxygen atoms in total. The highest BCUT2D eigenvalue weighted by Gasteiger charge is 2.50. The molecule has 0 radical (unpaired) electrons. The van der Waals surface area contributed by atoms with E-state index in [1.54, 1.807) is 6.07 Å². The van der Waals surface area contributed by atoms with Crippen LogP contribution in [0.4, 0.5) is 28.4 Å². The average molecular weight is 970 g/mol. The molecule has 4 atom stereocenters. The molecule has 3 N–H and O–H groups in total. The number of nitro groups is 1. The lowest BCUT2D eigenvalue weighted by molar-refractivity contribution is -0.384. The molecule has 5 fully saturated rings. The van der Waals surface area contributed by atoms with Gasteiger partial charge >= 0.3 is 0 Å². The third kappa shape index (κ3) is 8.11. The number of aromatic amines is 1. The maximum atomic E-state index is 14.6. The van der Waals surface area contributed by atoms with Crippen LogP contribution in [0.5, 0.6) is 11.6 Å². The van der Waals surface area contributed by atoms with Gasteiger partial charge in [-0.05, 0) is 112 Å². The predicted molar refractivity (Wildman–Crippen MR) is 267 cm³/mol. The van der Waals surface area contributed by atoms with Gasteiger partial charge in [0.15, 0.2) is 11.4 Å². The summed E-state index contributed by atoms with van der Waals surface area (Å²) in [6.45, 7) is 12.3. The second-order valence-corrected chi connectivity index (χ2v) is 22.2. The molecule has 7 aliphatic rings. The topological polar surface area (TPSA) is 188 Å². The predicted octanol–water partition coefficient (Wildman–Crippen LogP) is 7.78. The monoisotopic (exact) mass is 969 g/mol. The van der Waals surface area contributed by atoms with Gasteiger partial charge < -0.3 is 34.3 Å². The number of sulfonamides is 1. The second kappa shape index (κ2) is 17.6. The van der Waals surface area contributed by atoms with Gasteiger partial charge in [-0.25, -0.2) is 13.1 Å². The molecule has 2 aromatic heterocycles. The van der Waals surface area contributed by atoms with Crippen LogP contribution in [0.15, 0.2) is 84.4 Å². The van der Waals surface area contributed by atoms with E-state index in [2.05, 4.69) is 67.5 Å². The third-order valence-corrected chi connectivity index (χ3v) is 17.5. The van der Waals surface area contributed by atoms with E-state index in [0.29, 0.717) is 73.8 Å². The Morgan fingerprint density at radius 1 is 0.971 bits per heavy atom. The molecule has 1 aliphatic carbocycles. The number of amides is 1. The summed E-state index contributed by atoms with van der Waals surface area (Å²) < 4.78 is 48.7. The minimum Gasteiger partial charge on any atom is -0.489 e. The molecule has 366 valence electrons. The number of aromatic nitrogens is 2. The number of morpholine rings is 1. The first-order valence-corrected chi connectivity index (χ1v) is 26.3. The summed E-state index contributed by atoms with van der Waals surface area (Å²) in [6, 6.07) is 21.5. The third-order valence-electron chi connectivity index (χ3n) is 16.2. The highest BCUT2D eigenvalue weighted by Crippen LogP contribution is 2.54. The lowest BCUT2D eigenvalue weighted by Crippen LogP contribution is -2.54. The first-order chi connectivity index (χ1) is 33.9. The van der Waals surface area contributed by atoms with Crippen molar-refractivity contribution in [3.63, 3.8) is 0 Å². The first kappa shape index (κ1) is 45.0. The standard InChI is InChI=1S/C52H59N9O8S/c1-32(2)40-7-3-4-8-41(40)43-9-5-16-59(43)37-26-52(27-37)13-18-57(19-14-52)35-10-11-42(44(23-35)60-17-6-20-67-51-46(60)21-33-12-15-53-49(33)55-51)50(62)56-70(65,66)39-24-45(61(63)64)48-47(25-39)69-30-34(54-48)28-58-29-38-22-36(58)31-68-38/h3-4,7-8,10-12,15,21,23-25,34,36-38,43,54H,1,5-6,9,13-14,16-20,22,26-31H2,2H3,(H,53,55)(H,56,62)/t34-,36-,38-,43-/m0/s1. The van der Waals surface area contributed by atoms with Crippen molar-refractivity contribution < 1.29 is 32.3 Å². The molecule has 18 heteroatoms. The van der Waals surface area contributed by atoms with E-state index < -0.39 is 31.4 Å². The van der Waals surface area contributed by atoms with E-state index in [9.17, 15) is 23.3 Å². The number of anilines is 4. The van der Waals surface area contributed by atoms with Crippen LogP contribution in [0.3, 0.4) is 0 Å². The number of fused-ring (bicyclic) bond motifs is 5. The highest BCUT2D eigenvalue weighted by atomic mass is 32.2. The van der Waals surface area contributed by atoms with Gasteiger partial charge in [-0.15, -0.1) is 0 Å². The van der Waals surface area contributed by atoms with E-state index in [1.165, 1.54) is 42.9 Å². The molecule has 0 unspecified atom stereocenters. The van der Waals surface area contributed by atoms with Gasteiger partial charge in [-0.3, -0.25) is 24.7 Å². The van der Waals surface area contributed by atoms with Crippen molar-refractivity contribution in [2.24, 2.45) is 5.41 Å². The fourth-order valence-electron chi connectivity index (χ4n) is 12.6. The Morgan fingerprint density at radius 3 is 2.60 bits per heavy atom. The van der Waals surface area contributed by atoms with Gasteiger partial charge in [0, 0.05) is 80.3 Å². The number of rotatable bonds is 11. The molecule has 5 aromatic rings. The molecule has 6 aliphatic heterocycles. The molecular formula is C52H59N9O8S. The Labute approximate surface area is 407 Å². The summed E-state index contributed by atoms with van der Waals surface area (Å²) in [5, 5.41) is 16.6. The van der Waals surface area contributed by atoms with Gasteiger partial charge in [0.2, 0.25) is 5.88 Å². The maximum absolute atomic E-state index is 14.6. The van der Waals surface area contributed by atoms with Gasteiger partial charge in [0.25, 0.3) is 21.6 Å². The number of hydrogen-bond acceptors (Lipinski definition) is 14. The second-order valence-electron chi connectivity index (χ2n) is 20.6. The molecule has 70 heavy (non-hydrogen) atoms. The maximum Gasteiger partial charge on any atom is 0.297 e. The zero-order chi connectivity index (χ0) is 47.9. The van der Waals surface area contributed by atoms with Crippen LogP contribution in [0, 0.1) is 15.5 Å². The van der Waals surface area contributed by atoms with Crippen LogP contribution >= 0.6 is 0 Å². The molecule has 1 amide bonds. The lowest BCUT2D eigenvalue weighted by Gasteiger charge is -2.56. The van der Waals surface area contributed by atoms with E-state index in [1.807, 2.05) is 35.4 Å². The average Bonchev–Trinajstić information content (AvgIpc) is 4.17. The number of pyridine rings is 1. The van der Waals surface area contributed by atoms with E-state index in [0.717, 1.165) is 68.2 Å². The van der Waals surface area contributed by atoms with Crippen LogP contribution in [0.25, 0.3) is 16.6 Å². The van der Waals surface area contributed by atoms with Crippen molar-refractivity contribution in [2.75, 3.05) is 74.2 Å². The fraction of sp³-hybridized carbons (Fsp3) is 0.462. The molecule has 2 bridgehead atoms. The van der Waals surface area contributed by atoms with Crippen LogP contribution in [0.2, 0.25) is 0 Å². The molecule has 4 saturated heterocycles. The Bertz CT molecular complexity index is 3020. The zero-order valence-electron chi connectivity index (χ0n) is 39.4. The number of nitrogens with one attached hydrogen (secondary N) is 3. The minimum absolute atomic E-state index is 0.0321. The quantitative estimate of drug-likeness (QED) is 0.0860. The van der Waals surface area contributed by atoms with Crippen LogP contribution in [0.1, 0.15) is 85.8 Å². The summed E-state index contributed by atoms with van der Waals surface area (Å²) in [4.78, 5) is 43.4. The molecule has 8 heterocycles. The van der Waals surface area contributed by atoms with Crippen molar-refractivity contribution in [2.45, 2.75) is 93.5 Å². The summed E-state index contributed by atoms with van der Waals surface area (Å²) >= 11 is 0. The van der Waals surface area contributed by atoms with Crippen molar-refractivity contribution in [3.05, 3.63) is 106 Å². The highest BCUT2D eigenvalue weighted by molar-refractivity contribution is 7.90. The molecule has 12 rings (SSSR count). The van der Waals surface area contributed by atoms with Crippen LogP contribution < -0.4 is 29.3 Å². The number of nitro benzene ring substituents is 1. The Morgan fingerprint density at radius 2 is 1.81 bits per heavy atom. The lowest BCUT2D eigenvalue weighted by atomic mass is 9.59. The Balaban J connectivity index is 0.799. The number of carbonyl (C=O) groups is 1. The number of likely N-dealkylation sites (tertiary alicyclic amines) is 2. The number of carbonyl (C=O) groups excluding carboxylic acids is 1. The number of ether oxygens (including phenoxy) is 3. The summed E-state index contributed by atoms with van der Waals surface area (Å²) in [5.74, 6) is -0.445. The van der Waals surface area contributed by atoms with E-state index >= 15 is 0 Å². The number of hydrogen-bond donors (Lipinski definition) is 3. The SMILES string of the molecule is C=C(C)c1ccccc1[C@@H]1CCCN1C1CC2(CCN(c3ccc(C(=O)NS(=O)(=O)c4cc5c(c([N+](=O)[O-])c4)N[C@@H](CN4C[C@@H]6C[C@H]4CO6)CO5)c(N4CCCOc5nc6[nH]ccc6cc54)c3)CC2)C1. The number of piperidine rings is 1. The minimum atomic E-state index is -4.66. The number of allylic oxidation sites excluding steroid dienone is 1. The largest absolute Gasteiger partial charge is 0.489 e. The normalized spacial score (nSPS) is 24.3. The number of H-pyrrole nitrogens is 1. The summed E-state index contributed by atoms with van der Waals surface area (Å²) in [7, 11) is -4.66. The molecular weight excluding hydrogens is 911 g/mol. The van der Waals surface area contributed by atoms with Gasteiger partial charge in [-0.2, -0.15) is 4.98 Å². The number of benzene rings is 3. The fourth-order valence-corrected chi connectivity index (χ4v) is 13.6. The van der Waals surface area contributed by atoms with E-state index in [-0.39, 0.29) is 41.2 Å². The van der Waals surface area contributed by atoms with Crippen molar-refractivity contribution in [3.8, 4) is 11.6 Å². The van der Waals surface area contributed by atoms with E-state index in [4.69, 9.17) is 19.2 Å². The van der Waals surface area contributed by atoms with Crippen LogP contribution in [-0.2, 0) is 14.8 Å². The molecule has 1 saturated carbocycles. The van der Waals surface area contributed by atoms with Crippen LogP contribution in [-0.4, -0.2) is 122 Å². The van der Waals surface area contributed by atoms with Crippen molar-refractivity contribution in [1.82, 2.24) is 24.5 Å². The number of nitrogens with zero attached hydrogens (tertiary/aromatic N) is 6. The Kier molecular flexibility index (Phi) is 11.3. The first-order valence-electron chi connectivity index (χ1n) is 24.8. The van der Waals surface area contributed by atoms with Crippen molar-refractivity contribution >= 4 is 61.0 Å². The van der Waals surface area contributed by atoms with Gasteiger partial charge in [0.1, 0.15) is 17.9 Å².